The first-order valence-electron chi connectivity index (χ1n) is 6.63. The highest BCUT2D eigenvalue weighted by Gasteiger charge is 2.35. The number of hydrogen-bond donors (Lipinski definition) is 0. The van der Waals surface area contributed by atoms with Crippen LogP contribution in [0.5, 0.6) is 0 Å². The Hall–Kier alpha value is -3.02. The Labute approximate surface area is 126 Å². The maximum atomic E-state index is 12.1. The van der Waals surface area contributed by atoms with Gasteiger partial charge >= 0.3 is 5.97 Å². The number of hydrogen-bond acceptors (Lipinski definition) is 5. The van der Waals surface area contributed by atoms with Gasteiger partial charge in [0.15, 0.2) is 6.73 Å². The van der Waals surface area contributed by atoms with Gasteiger partial charge < -0.3 is 4.74 Å². The second-order valence-electron chi connectivity index (χ2n) is 4.83. The Morgan fingerprint density at radius 3 is 2.27 bits per heavy atom. The van der Waals surface area contributed by atoms with Gasteiger partial charge in [-0.15, -0.1) is 0 Å². The first-order valence-corrected chi connectivity index (χ1v) is 6.63. The second-order valence-corrected chi connectivity index (χ2v) is 4.83. The quantitative estimate of drug-likeness (QED) is 0.637. The SMILES string of the molecule is Cc1ccc(C(=O)OCN2C(=O)c3ccccc3C2=O)cn1. The molecule has 2 aromatic rings. The van der Waals surface area contributed by atoms with E-state index in [9.17, 15) is 14.4 Å². The van der Waals surface area contributed by atoms with E-state index in [2.05, 4.69) is 4.98 Å². The average molecular weight is 296 g/mol. The molecule has 2 amide bonds. The molecule has 1 aromatic heterocycles. The van der Waals surface area contributed by atoms with Crippen molar-refractivity contribution in [2.75, 3.05) is 6.73 Å². The summed E-state index contributed by atoms with van der Waals surface area (Å²) in [5, 5.41) is 0. The van der Waals surface area contributed by atoms with Crippen LogP contribution in [0.25, 0.3) is 0 Å². The summed E-state index contributed by atoms with van der Waals surface area (Å²) in [5.74, 6) is -1.56. The van der Waals surface area contributed by atoms with Crippen LogP contribution in [-0.4, -0.2) is 34.4 Å². The molecule has 110 valence electrons. The van der Waals surface area contributed by atoms with Gasteiger partial charge in [-0.05, 0) is 31.2 Å². The number of carbonyl (C=O) groups excluding carboxylic acids is 3. The topological polar surface area (TPSA) is 76.6 Å². The Bertz CT molecular complexity index is 733. The van der Waals surface area contributed by atoms with Crippen molar-refractivity contribution >= 4 is 17.8 Å². The summed E-state index contributed by atoms with van der Waals surface area (Å²) in [6.45, 7) is 1.38. The number of carbonyl (C=O) groups is 3. The Morgan fingerprint density at radius 2 is 1.73 bits per heavy atom. The normalized spacial score (nSPS) is 13.2. The third-order valence-corrected chi connectivity index (χ3v) is 3.35. The molecule has 0 bridgehead atoms. The van der Waals surface area contributed by atoms with Gasteiger partial charge in [-0.2, -0.15) is 0 Å². The molecule has 6 heteroatoms. The molecule has 2 heterocycles. The highest BCUT2D eigenvalue weighted by Crippen LogP contribution is 2.22. The van der Waals surface area contributed by atoms with Crippen molar-refractivity contribution < 1.29 is 19.1 Å². The fourth-order valence-electron chi connectivity index (χ4n) is 2.15. The van der Waals surface area contributed by atoms with Gasteiger partial charge in [-0.1, -0.05) is 12.1 Å². The van der Waals surface area contributed by atoms with Crippen LogP contribution in [0.2, 0.25) is 0 Å². The minimum atomic E-state index is -0.635. The summed E-state index contributed by atoms with van der Waals surface area (Å²) < 4.78 is 5.03. The fraction of sp³-hybridized carbons (Fsp3) is 0.125. The second kappa shape index (κ2) is 5.40. The van der Waals surface area contributed by atoms with E-state index in [-0.39, 0.29) is 5.56 Å². The van der Waals surface area contributed by atoms with Crippen molar-refractivity contribution in [3.8, 4) is 0 Å². The van der Waals surface area contributed by atoms with Gasteiger partial charge in [0.25, 0.3) is 11.8 Å². The molecule has 0 spiro atoms. The van der Waals surface area contributed by atoms with E-state index in [4.69, 9.17) is 4.74 Å². The zero-order valence-electron chi connectivity index (χ0n) is 11.8. The zero-order valence-corrected chi connectivity index (χ0v) is 11.8. The number of aromatic nitrogens is 1. The predicted molar refractivity (Wildman–Crippen MR) is 76.2 cm³/mol. The van der Waals surface area contributed by atoms with E-state index in [0.717, 1.165) is 10.6 Å². The van der Waals surface area contributed by atoms with E-state index in [0.29, 0.717) is 11.1 Å². The molecular formula is C16H12N2O4. The van der Waals surface area contributed by atoms with Gasteiger partial charge in [0.1, 0.15) is 0 Å². The first-order chi connectivity index (χ1) is 10.6. The lowest BCUT2D eigenvalue weighted by molar-refractivity contribution is 0.0228. The molecule has 3 rings (SSSR count). The number of imide groups is 1. The number of amides is 2. The number of esters is 1. The van der Waals surface area contributed by atoms with Gasteiger partial charge in [0.2, 0.25) is 0 Å². The van der Waals surface area contributed by atoms with Gasteiger partial charge in [0.05, 0.1) is 16.7 Å². The standard InChI is InChI=1S/C16H12N2O4/c1-10-6-7-11(8-17-10)16(21)22-9-18-14(19)12-4-2-3-5-13(12)15(18)20/h2-8H,9H2,1H3. The van der Waals surface area contributed by atoms with Crippen LogP contribution in [-0.2, 0) is 4.74 Å². The number of pyridine rings is 1. The monoisotopic (exact) mass is 296 g/mol. The number of ether oxygens (including phenoxy) is 1. The molecule has 0 fully saturated rings. The average Bonchev–Trinajstić information content (AvgIpc) is 2.78. The van der Waals surface area contributed by atoms with Gasteiger partial charge in [-0.3, -0.25) is 14.6 Å². The zero-order chi connectivity index (χ0) is 15.7. The largest absolute Gasteiger partial charge is 0.440 e. The van der Waals surface area contributed by atoms with Crippen LogP contribution in [0.3, 0.4) is 0 Å². The Morgan fingerprint density at radius 1 is 1.09 bits per heavy atom. The summed E-state index contributed by atoms with van der Waals surface area (Å²) in [6.07, 6.45) is 1.39. The number of benzene rings is 1. The van der Waals surface area contributed by atoms with E-state index in [1.807, 2.05) is 0 Å². The Kier molecular flexibility index (Phi) is 3.42. The smallest absolute Gasteiger partial charge is 0.341 e. The fourth-order valence-corrected chi connectivity index (χ4v) is 2.15. The third kappa shape index (κ3) is 2.35. The van der Waals surface area contributed by atoms with Gasteiger partial charge in [-0.25, -0.2) is 9.69 Å². The number of nitrogens with zero attached hydrogens (tertiary/aromatic N) is 2. The van der Waals surface area contributed by atoms with Crippen molar-refractivity contribution in [1.29, 1.82) is 0 Å². The maximum absolute atomic E-state index is 12.1. The maximum Gasteiger partial charge on any atom is 0.341 e. The van der Waals surface area contributed by atoms with E-state index < -0.39 is 24.5 Å². The lowest BCUT2D eigenvalue weighted by Gasteiger charge is -2.13. The molecule has 1 aliphatic rings. The molecular weight excluding hydrogens is 284 g/mol. The molecule has 0 atom stereocenters. The minimum Gasteiger partial charge on any atom is -0.440 e. The van der Waals surface area contributed by atoms with Crippen molar-refractivity contribution in [3.05, 3.63) is 65.0 Å². The van der Waals surface area contributed by atoms with Crippen molar-refractivity contribution in [2.45, 2.75) is 6.92 Å². The molecule has 0 saturated heterocycles. The van der Waals surface area contributed by atoms with Crippen LogP contribution in [0.4, 0.5) is 0 Å². The lowest BCUT2D eigenvalue weighted by Crippen LogP contribution is -2.33. The summed E-state index contributed by atoms with van der Waals surface area (Å²) in [5.41, 5.74) is 1.68. The molecule has 0 unspecified atom stereocenters. The van der Waals surface area contributed by atoms with Crippen LogP contribution in [0.1, 0.15) is 36.8 Å². The van der Waals surface area contributed by atoms with Crippen molar-refractivity contribution in [3.63, 3.8) is 0 Å². The minimum absolute atomic E-state index is 0.266. The highest BCUT2D eigenvalue weighted by atomic mass is 16.5. The number of rotatable bonds is 3. The molecule has 0 saturated carbocycles. The molecule has 0 N–H and O–H groups in total. The van der Waals surface area contributed by atoms with E-state index in [1.165, 1.54) is 6.20 Å². The van der Waals surface area contributed by atoms with Crippen LogP contribution < -0.4 is 0 Å². The predicted octanol–water partition coefficient (Wildman–Crippen LogP) is 1.80. The van der Waals surface area contributed by atoms with E-state index in [1.54, 1.807) is 43.3 Å². The summed E-state index contributed by atoms with van der Waals surface area (Å²) in [4.78, 5) is 41.0. The Balaban J connectivity index is 1.70. The molecule has 1 aromatic carbocycles. The molecule has 0 radical (unpaired) electrons. The van der Waals surface area contributed by atoms with Crippen molar-refractivity contribution in [2.24, 2.45) is 0 Å². The molecule has 6 nitrogen and oxygen atoms in total. The van der Waals surface area contributed by atoms with E-state index >= 15 is 0 Å². The van der Waals surface area contributed by atoms with Gasteiger partial charge in [0, 0.05) is 11.9 Å². The van der Waals surface area contributed by atoms with Crippen LogP contribution in [0.15, 0.2) is 42.6 Å². The summed E-state index contributed by atoms with van der Waals surface area (Å²) in [7, 11) is 0. The molecule has 22 heavy (non-hydrogen) atoms. The third-order valence-electron chi connectivity index (χ3n) is 3.35. The van der Waals surface area contributed by atoms with Crippen LogP contribution >= 0.6 is 0 Å². The number of aryl methyl sites for hydroxylation is 1. The highest BCUT2D eigenvalue weighted by molar-refractivity contribution is 6.21. The molecule has 0 aliphatic carbocycles. The van der Waals surface area contributed by atoms with Crippen molar-refractivity contribution in [1.82, 2.24) is 9.88 Å². The lowest BCUT2D eigenvalue weighted by atomic mass is 10.1. The summed E-state index contributed by atoms with van der Waals surface area (Å²) >= 11 is 0. The number of fused-ring (bicyclic) bond motifs is 1. The van der Waals surface area contributed by atoms with Crippen LogP contribution in [0, 0.1) is 6.92 Å². The summed E-state index contributed by atoms with van der Waals surface area (Å²) in [6, 6.07) is 9.75. The first kappa shape index (κ1) is 13.9. The molecule has 1 aliphatic heterocycles.